The van der Waals surface area contributed by atoms with Crippen molar-refractivity contribution in [2.45, 2.75) is 39.3 Å². The topological polar surface area (TPSA) is 81.9 Å². The molecule has 1 aliphatic rings. The lowest BCUT2D eigenvalue weighted by molar-refractivity contribution is -0.145. The molecule has 1 aliphatic heterocycles. The highest BCUT2D eigenvalue weighted by Gasteiger charge is 2.37. The standard InChI is InChI=1S/C19H22N2O5/c1-12-6-4-7-14(10-12)25-11-15-13(2)26-20-17(15)18(22)21-9-5-8-16(21)19(23)24-3/h4,6-7,10,16H,5,8-9,11H2,1-3H3. The number of methoxy groups -OCH3 is 1. The van der Waals surface area contributed by atoms with Gasteiger partial charge in [0.1, 0.15) is 24.2 Å². The molecule has 7 heteroatoms. The summed E-state index contributed by atoms with van der Waals surface area (Å²) >= 11 is 0. The molecule has 0 spiro atoms. The van der Waals surface area contributed by atoms with Crippen molar-refractivity contribution in [1.82, 2.24) is 10.1 Å². The van der Waals surface area contributed by atoms with E-state index in [1.165, 1.54) is 12.0 Å². The number of carbonyl (C=O) groups is 2. The first-order valence-corrected chi connectivity index (χ1v) is 8.54. The number of amides is 1. The Labute approximate surface area is 151 Å². The van der Waals surface area contributed by atoms with Gasteiger partial charge in [0.25, 0.3) is 5.91 Å². The fraction of sp³-hybridized carbons (Fsp3) is 0.421. The number of rotatable bonds is 5. The van der Waals surface area contributed by atoms with Gasteiger partial charge in [-0.2, -0.15) is 0 Å². The summed E-state index contributed by atoms with van der Waals surface area (Å²) in [6, 6.07) is 7.08. The van der Waals surface area contributed by atoms with E-state index in [2.05, 4.69) is 5.16 Å². The molecule has 26 heavy (non-hydrogen) atoms. The molecule has 138 valence electrons. The van der Waals surface area contributed by atoms with Crippen LogP contribution in [0.15, 0.2) is 28.8 Å². The van der Waals surface area contributed by atoms with Crippen LogP contribution in [0.3, 0.4) is 0 Å². The minimum Gasteiger partial charge on any atom is -0.489 e. The zero-order chi connectivity index (χ0) is 18.7. The maximum absolute atomic E-state index is 12.9. The van der Waals surface area contributed by atoms with Crippen LogP contribution in [0.4, 0.5) is 0 Å². The zero-order valence-electron chi connectivity index (χ0n) is 15.2. The van der Waals surface area contributed by atoms with Crippen LogP contribution in [0.2, 0.25) is 0 Å². The van der Waals surface area contributed by atoms with E-state index in [9.17, 15) is 9.59 Å². The minimum atomic E-state index is -0.574. The van der Waals surface area contributed by atoms with Crippen LogP contribution in [0.25, 0.3) is 0 Å². The second-order valence-corrected chi connectivity index (χ2v) is 6.35. The summed E-state index contributed by atoms with van der Waals surface area (Å²) < 4.78 is 15.8. The lowest BCUT2D eigenvalue weighted by Crippen LogP contribution is -2.41. The lowest BCUT2D eigenvalue weighted by atomic mass is 10.1. The van der Waals surface area contributed by atoms with Crippen LogP contribution in [-0.4, -0.2) is 41.6 Å². The molecule has 1 fully saturated rings. The van der Waals surface area contributed by atoms with Gasteiger partial charge in [-0.05, 0) is 44.4 Å². The van der Waals surface area contributed by atoms with Gasteiger partial charge in [0.2, 0.25) is 0 Å². The van der Waals surface area contributed by atoms with E-state index in [1.807, 2.05) is 31.2 Å². The molecule has 1 atom stereocenters. The fourth-order valence-corrected chi connectivity index (χ4v) is 3.12. The highest BCUT2D eigenvalue weighted by Crippen LogP contribution is 2.24. The van der Waals surface area contributed by atoms with Crippen LogP contribution in [-0.2, 0) is 16.1 Å². The molecule has 1 saturated heterocycles. The number of hydrogen-bond donors (Lipinski definition) is 0. The van der Waals surface area contributed by atoms with Crippen LogP contribution in [0.1, 0.15) is 40.2 Å². The van der Waals surface area contributed by atoms with E-state index in [1.54, 1.807) is 6.92 Å². The molecule has 0 aliphatic carbocycles. The first-order valence-electron chi connectivity index (χ1n) is 8.54. The molecule has 1 unspecified atom stereocenters. The summed E-state index contributed by atoms with van der Waals surface area (Å²) in [5.74, 6) is 0.485. The monoisotopic (exact) mass is 358 g/mol. The van der Waals surface area contributed by atoms with Crippen molar-refractivity contribution < 1.29 is 23.6 Å². The Bertz CT molecular complexity index is 814. The molecule has 0 N–H and O–H groups in total. The second-order valence-electron chi connectivity index (χ2n) is 6.35. The summed E-state index contributed by atoms with van der Waals surface area (Å²) in [5, 5.41) is 3.91. The number of ether oxygens (including phenoxy) is 2. The maximum Gasteiger partial charge on any atom is 0.328 e. The van der Waals surface area contributed by atoms with E-state index in [0.717, 1.165) is 12.0 Å². The fourth-order valence-electron chi connectivity index (χ4n) is 3.12. The van der Waals surface area contributed by atoms with Gasteiger partial charge in [-0.25, -0.2) is 4.79 Å². The van der Waals surface area contributed by atoms with E-state index in [-0.39, 0.29) is 18.2 Å². The van der Waals surface area contributed by atoms with Gasteiger partial charge in [-0.3, -0.25) is 4.79 Å². The van der Waals surface area contributed by atoms with Gasteiger partial charge >= 0.3 is 5.97 Å². The summed E-state index contributed by atoms with van der Waals surface area (Å²) in [6.07, 6.45) is 1.34. The van der Waals surface area contributed by atoms with Crippen LogP contribution >= 0.6 is 0 Å². The van der Waals surface area contributed by atoms with Crippen molar-refractivity contribution in [2.75, 3.05) is 13.7 Å². The molecule has 3 rings (SSSR count). The van der Waals surface area contributed by atoms with Crippen molar-refractivity contribution in [3.63, 3.8) is 0 Å². The third-order valence-corrected chi connectivity index (χ3v) is 4.55. The van der Waals surface area contributed by atoms with Crippen LogP contribution in [0.5, 0.6) is 5.75 Å². The molecule has 1 aromatic carbocycles. The van der Waals surface area contributed by atoms with Gasteiger partial charge < -0.3 is 18.9 Å². The van der Waals surface area contributed by atoms with Crippen molar-refractivity contribution in [3.8, 4) is 5.75 Å². The van der Waals surface area contributed by atoms with E-state index < -0.39 is 12.0 Å². The normalized spacial score (nSPS) is 16.6. The van der Waals surface area contributed by atoms with Crippen LogP contribution < -0.4 is 4.74 Å². The number of benzene rings is 1. The number of aryl methyl sites for hydroxylation is 2. The molecule has 2 aromatic rings. The molecule has 1 aromatic heterocycles. The van der Waals surface area contributed by atoms with Gasteiger partial charge in [-0.1, -0.05) is 17.3 Å². The van der Waals surface area contributed by atoms with Gasteiger partial charge in [0.15, 0.2) is 5.69 Å². The summed E-state index contributed by atoms with van der Waals surface area (Å²) in [4.78, 5) is 26.3. The number of aromatic nitrogens is 1. The predicted octanol–water partition coefficient (Wildman–Crippen LogP) is 2.65. The third-order valence-electron chi connectivity index (χ3n) is 4.55. The Morgan fingerprint density at radius 1 is 1.35 bits per heavy atom. The summed E-state index contributed by atoms with van der Waals surface area (Å²) in [5.41, 5.74) is 1.86. The molecular formula is C19H22N2O5. The van der Waals surface area contributed by atoms with Crippen LogP contribution in [0, 0.1) is 13.8 Å². The Kier molecular flexibility index (Phi) is 5.25. The Morgan fingerprint density at radius 3 is 2.88 bits per heavy atom. The largest absolute Gasteiger partial charge is 0.489 e. The van der Waals surface area contributed by atoms with Crippen molar-refractivity contribution in [1.29, 1.82) is 0 Å². The highest BCUT2D eigenvalue weighted by atomic mass is 16.5. The Morgan fingerprint density at radius 2 is 2.15 bits per heavy atom. The van der Waals surface area contributed by atoms with Crippen molar-refractivity contribution in [3.05, 3.63) is 46.8 Å². The number of carbonyl (C=O) groups excluding carboxylic acids is 2. The smallest absolute Gasteiger partial charge is 0.328 e. The number of nitrogens with zero attached hydrogens (tertiary/aromatic N) is 2. The van der Waals surface area contributed by atoms with E-state index in [4.69, 9.17) is 14.0 Å². The number of esters is 1. The highest BCUT2D eigenvalue weighted by molar-refractivity contribution is 5.96. The Balaban J connectivity index is 1.78. The lowest BCUT2D eigenvalue weighted by Gasteiger charge is -2.21. The van der Waals surface area contributed by atoms with Gasteiger partial charge in [0.05, 0.1) is 12.7 Å². The number of hydrogen-bond acceptors (Lipinski definition) is 6. The molecule has 0 bridgehead atoms. The molecule has 1 amide bonds. The van der Waals surface area contributed by atoms with Gasteiger partial charge in [-0.15, -0.1) is 0 Å². The molecule has 0 saturated carbocycles. The molecule has 2 heterocycles. The molecule has 7 nitrogen and oxygen atoms in total. The first-order chi connectivity index (χ1) is 12.5. The number of likely N-dealkylation sites (tertiary alicyclic amines) is 1. The first kappa shape index (κ1) is 18.0. The average Bonchev–Trinajstić information content (AvgIpc) is 3.26. The minimum absolute atomic E-state index is 0.163. The summed E-state index contributed by atoms with van der Waals surface area (Å²) in [7, 11) is 1.32. The van der Waals surface area contributed by atoms with Gasteiger partial charge in [0, 0.05) is 6.54 Å². The van der Waals surface area contributed by atoms with E-state index in [0.29, 0.717) is 30.0 Å². The molecular weight excluding hydrogens is 336 g/mol. The van der Waals surface area contributed by atoms with Crippen molar-refractivity contribution >= 4 is 11.9 Å². The van der Waals surface area contributed by atoms with Crippen molar-refractivity contribution in [2.24, 2.45) is 0 Å². The SMILES string of the molecule is COC(=O)C1CCCN1C(=O)c1noc(C)c1COc1cccc(C)c1. The van der Waals surface area contributed by atoms with E-state index >= 15 is 0 Å². The predicted molar refractivity (Wildman–Crippen MR) is 92.8 cm³/mol. The Hall–Kier alpha value is -2.83. The summed E-state index contributed by atoms with van der Waals surface area (Å²) in [6.45, 7) is 4.37. The second kappa shape index (κ2) is 7.59. The average molecular weight is 358 g/mol. The quantitative estimate of drug-likeness (QED) is 0.764. The maximum atomic E-state index is 12.9. The molecule has 0 radical (unpaired) electrons. The zero-order valence-corrected chi connectivity index (χ0v) is 15.2. The third kappa shape index (κ3) is 3.56.